The maximum atomic E-state index is 5.50. The minimum Gasteiger partial charge on any atom is -0.497 e. The molecular weight excluding hydrogens is 384 g/mol. The van der Waals surface area contributed by atoms with Crippen LogP contribution in [-0.2, 0) is 0 Å². The van der Waals surface area contributed by atoms with Crippen LogP contribution in [0.25, 0.3) is 10.9 Å². The van der Waals surface area contributed by atoms with Gasteiger partial charge in [-0.15, -0.1) is 0 Å². The molecule has 8 heteroatoms. The fraction of sp³-hybridized carbons (Fsp3) is 0.364. The number of rotatable bonds is 6. The van der Waals surface area contributed by atoms with Gasteiger partial charge in [0.1, 0.15) is 11.5 Å². The minimum absolute atomic E-state index is 0.117. The SMILES string of the molecule is COc1cc(OC)cc(C2CN(c3cnnc4cc(OC)c(OC)cc34)CCN2)c1. The first kappa shape index (κ1) is 20.0. The van der Waals surface area contributed by atoms with Crippen LogP contribution in [0.5, 0.6) is 23.0 Å². The largest absolute Gasteiger partial charge is 0.497 e. The van der Waals surface area contributed by atoms with Gasteiger partial charge in [0.25, 0.3) is 0 Å². The average molecular weight is 410 g/mol. The number of nitrogens with one attached hydrogen (secondary N) is 1. The second-order valence-corrected chi connectivity index (χ2v) is 7.05. The number of methoxy groups -OCH3 is 4. The number of hydrogen-bond acceptors (Lipinski definition) is 8. The van der Waals surface area contributed by atoms with E-state index in [1.165, 1.54) is 0 Å². The number of fused-ring (bicyclic) bond motifs is 1. The maximum Gasteiger partial charge on any atom is 0.162 e. The van der Waals surface area contributed by atoms with Crippen LogP contribution < -0.4 is 29.2 Å². The number of ether oxygens (including phenoxy) is 4. The van der Waals surface area contributed by atoms with Crippen LogP contribution in [0.2, 0.25) is 0 Å². The molecule has 2 aromatic carbocycles. The van der Waals surface area contributed by atoms with Gasteiger partial charge in [0.05, 0.1) is 51.9 Å². The highest BCUT2D eigenvalue weighted by molar-refractivity contribution is 5.93. The number of piperazine rings is 1. The number of aromatic nitrogens is 2. The fourth-order valence-corrected chi connectivity index (χ4v) is 3.85. The Morgan fingerprint density at radius 1 is 0.900 bits per heavy atom. The molecule has 30 heavy (non-hydrogen) atoms. The second kappa shape index (κ2) is 8.62. The summed E-state index contributed by atoms with van der Waals surface area (Å²) < 4.78 is 21.8. The molecule has 2 heterocycles. The molecule has 158 valence electrons. The van der Waals surface area contributed by atoms with E-state index < -0.39 is 0 Å². The number of benzene rings is 2. The third-order valence-electron chi connectivity index (χ3n) is 5.42. The minimum atomic E-state index is 0.117. The highest BCUT2D eigenvalue weighted by Crippen LogP contribution is 2.36. The van der Waals surface area contributed by atoms with Gasteiger partial charge in [0.2, 0.25) is 0 Å². The summed E-state index contributed by atoms with van der Waals surface area (Å²) in [5, 5.41) is 13.1. The van der Waals surface area contributed by atoms with Crippen LogP contribution in [-0.4, -0.2) is 58.3 Å². The zero-order valence-corrected chi connectivity index (χ0v) is 17.6. The molecule has 0 bridgehead atoms. The first-order valence-corrected chi connectivity index (χ1v) is 9.75. The Balaban J connectivity index is 1.69. The Bertz CT molecular complexity index is 1020. The molecule has 0 radical (unpaired) electrons. The van der Waals surface area contributed by atoms with Gasteiger partial charge >= 0.3 is 0 Å². The van der Waals surface area contributed by atoms with E-state index in [2.05, 4.69) is 20.4 Å². The monoisotopic (exact) mass is 410 g/mol. The topological polar surface area (TPSA) is 78.0 Å². The molecule has 1 N–H and O–H groups in total. The normalized spacial score (nSPS) is 16.4. The van der Waals surface area contributed by atoms with Gasteiger partial charge in [0.15, 0.2) is 11.5 Å². The lowest BCUT2D eigenvalue weighted by Gasteiger charge is -2.36. The Morgan fingerprint density at radius 2 is 1.60 bits per heavy atom. The van der Waals surface area contributed by atoms with Gasteiger partial charge in [0, 0.05) is 37.2 Å². The molecule has 4 rings (SSSR count). The highest BCUT2D eigenvalue weighted by atomic mass is 16.5. The number of hydrogen-bond donors (Lipinski definition) is 1. The summed E-state index contributed by atoms with van der Waals surface area (Å²) >= 11 is 0. The third-order valence-corrected chi connectivity index (χ3v) is 5.42. The quantitative estimate of drug-likeness (QED) is 0.665. The molecule has 0 saturated carbocycles. The van der Waals surface area contributed by atoms with E-state index in [9.17, 15) is 0 Å². The lowest BCUT2D eigenvalue weighted by Crippen LogP contribution is -2.46. The summed E-state index contributed by atoms with van der Waals surface area (Å²) in [7, 11) is 6.57. The molecular formula is C22H26N4O4. The van der Waals surface area contributed by atoms with Gasteiger partial charge in [-0.3, -0.25) is 0 Å². The first-order valence-electron chi connectivity index (χ1n) is 9.75. The zero-order valence-electron chi connectivity index (χ0n) is 17.6. The van der Waals surface area contributed by atoms with Crippen molar-refractivity contribution in [3.63, 3.8) is 0 Å². The highest BCUT2D eigenvalue weighted by Gasteiger charge is 2.24. The summed E-state index contributed by atoms with van der Waals surface area (Å²) in [6, 6.07) is 9.90. The standard InChI is InChI=1S/C22H26N4O4/c1-27-15-7-14(8-16(9-15)28-2)19-13-26(6-5-23-19)20-12-24-25-18-11-22(30-4)21(29-3)10-17(18)20/h7-12,19,23H,5-6,13H2,1-4H3. The third kappa shape index (κ3) is 3.78. The predicted octanol–water partition coefficient (Wildman–Crippen LogP) is 2.82. The van der Waals surface area contributed by atoms with Gasteiger partial charge in [-0.25, -0.2) is 0 Å². The number of nitrogens with zero attached hydrogens (tertiary/aromatic N) is 3. The summed E-state index contributed by atoms with van der Waals surface area (Å²) in [5.74, 6) is 2.86. The summed E-state index contributed by atoms with van der Waals surface area (Å²) in [6.45, 7) is 2.46. The molecule has 0 aliphatic carbocycles. The van der Waals surface area contributed by atoms with Crippen LogP contribution in [0.4, 0.5) is 5.69 Å². The van der Waals surface area contributed by atoms with Crippen LogP contribution in [0.3, 0.4) is 0 Å². The lowest BCUT2D eigenvalue weighted by atomic mass is 10.0. The van der Waals surface area contributed by atoms with Crippen molar-refractivity contribution in [3.05, 3.63) is 42.1 Å². The van der Waals surface area contributed by atoms with Crippen molar-refractivity contribution in [3.8, 4) is 23.0 Å². The van der Waals surface area contributed by atoms with Crippen LogP contribution in [0.15, 0.2) is 36.5 Å². The first-order chi connectivity index (χ1) is 14.7. The second-order valence-electron chi connectivity index (χ2n) is 7.05. The summed E-state index contributed by atoms with van der Waals surface area (Å²) in [6.07, 6.45) is 1.81. The molecule has 1 fully saturated rings. The van der Waals surface area contributed by atoms with Crippen LogP contribution >= 0.6 is 0 Å². The molecule has 8 nitrogen and oxygen atoms in total. The summed E-state index contributed by atoms with van der Waals surface area (Å²) in [4.78, 5) is 2.32. The van der Waals surface area contributed by atoms with Crippen molar-refractivity contribution in [1.29, 1.82) is 0 Å². The Labute approximate surface area is 175 Å². The molecule has 1 aliphatic heterocycles. The predicted molar refractivity (Wildman–Crippen MR) is 115 cm³/mol. The summed E-state index contributed by atoms with van der Waals surface area (Å²) in [5.41, 5.74) is 2.90. The van der Waals surface area contributed by atoms with E-state index in [1.54, 1.807) is 28.4 Å². The van der Waals surface area contributed by atoms with Crippen molar-refractivity contribution in [2.45, 2.75) is 6.04 Å². The average Bonchev–Trinajstić information content (AvgIpc) is 2.82. The van der Waals surface area contributed by atoms with E-state index >= 15 is 0 Å². The lowest BCUT2D eigenvalue weighted by molar-refractivity contribution is 0.355. The Kier molecular flexibility index (Phi) is 5.76. The van der Waals surface area contributed by atoms with E-state index in [4.69, 9.17) is 18.9 Å². The van der Waals surface area contributed by atoms with Gasteiger partial charge in [-0.2, -0.15) is 10.2 Å². The van der Waals surface area contributed by atoms with Crippen LogP contribution in [0, 0.1) is 0 Å². The molecule has 1 aromatic heterocycles. The Hall–Kier alpha value is -3.26. The van der Waals surface area contributed by atoms with Crippen molar-refractivity contribution < 1.29 is 18.9 Å². The van der Waals surface area contributed by atoms with E-state index in [0.717, 1.165) is 53.3 Å². The van der Waals surface area contributed by atoms with E-state index in [-0.39, 0.29) is 6.04 Å². The van der Waals surface area contributed by atoms with Crippen molar-refractivity contribution in [1.82, 2.24) is 15.5 Å². The van der Waals surface area contributed by atoms with Gasteiger partial charge in [-0.05, 0) is 23.8 Å². The molecule has 1 unspecified atom stereocenters. The van der Waals surface area contributed by atoms with Gasteiger partial charge < -0.3 is 29.2 Å². The van der Waals surface area contributed by atoms with E-state index in [0.29, 0.717) is 11.5 Å². The molecule has 1 aliphatic rings. The van der Waals surface area contributed by atoms with Gasteiger partial charge in [-0.1, -0.05) is 0 Å². The maximum absolute atomic E-state index is 5.50. The number of anilines is 1. The van der Waals surface area contributed by atoms with Crippen LogP contribution in [0.1, 0.15) is 11.6 Å². The van der Waals surface area contributed by atoms with E-state index in [1.807, 2.05) is 36.5 Å². The molecule has 0 amide bonds. The smallest absolute Gasteiger partial charge is 0.162 e. The Morgan fingerprint density at radius 3 is 2.27 bits per heavy atom. The fourth-order valence-electron chi connectivity index (χ4n) is 3.85. The molecule has 1 atom stereocenters. The van der Waals surface area contributed by atoms with Crippen molar-refractivity contribution >= 4 is 16.6 Å². The molecule has 1 saturated heterocycles. The van der Waals surface area contributed by atoms with Crippen molar-refractivity contribution in [2.75, 3.05) is 53.0 Å². The van der Waals surface area contributed by atoms with Crippen molar-refractivity contribution in [2.24, 2.45) is 0 Å². The zero-order chi connectivity index (χ0) is 21.1. The molecule has 0 spiro atoms. The molecule has 3 aromatic rings.